The van der Waals surface area contributed by atoms with E-state index < -0.39 is 0 Å². The standard InChI is InChI=1S/C19H27N5O3/c1-13-15-12-16(18(25)20-17(15)22-21-13)19(26)24-6-3-14(4-7-24)2-5-23-8-10-27-11-9-23/h12,14H,2-11H2,1H3,(H2,20,21,22,25). The molecule has 2 aromatic heterocycles. The number of carbonyl (C=O) groups excluding carboxylic acids is 1. The summed E-state index contributed by atoms with van der Waals surface area (Å²) in [6, 6.07) is 1.67. The summed E-state index contributed by atoms with van der Waals surface area (Å²) < 4.78 is 5.39. The van der Waals surface area contributed by atoms with E-state index in [-0.39, 0.29) is 17.0 Å². The number of H-pyrrole nitrogens is 2. The van der Waals surface area contributed by atoms with Gasteiger partial charge in [-0.1, -0.05) is 0 Å². The zero-order valence-electron chi connectivity index (χ0n) is 15.8. The minimum Gasteiger partial charge on any atom is -0.379 e. The van der Waals surface area contributed by atoms with Crippen molar-refractivity contribution in [3.05, 3.63) is 27.7 Å². The molecule has 0 aliphatic carbocycles. The zero-order valence-corrected chi connectivity index (χ0v) is 15.8. The predicted molar refractivity (Wildman–Crippen MR) is 102 cm³/mol. The fourth-order valence-electron chi connectivity index (χ4n) is 4.04. The number of hydrogen-bond acceptors (Lipinski definition) is 5. The molecule has 146 valence electrons. The first-order valence-corrected chi connectivity index (χ1v) is 9.79. The van der Waals surface area contributed by atoms with Crippen molar-refractivity contribution in [3.8, 4) is 0 Å². The second-order valence-electron chi connectivity index (χ2n) is 7.60. The van der Waals surface area contributed by atoms with Crippen LogP contribution in [0.2, 0.25) is 0 Å². The number of nitrogens with one attached hydrogen (secondary N) is 2. The fourth-order valence-corrected chi connectivity index (χ4v) is 4.04. The number of piperidine rings is 1. The average Bonchev–Trinajstić information content (AvgIpc) is 3.06. The first-order valence-electron chi connectivity index (χ1n) is 9.79. The van der Waals surface area contributed by atoms with Crippen LogP contribution in [0.3, 0.4) is 0 Å². The fraction of sp³-hybridized carbons (Fsp3) is 0.632. The van der Waals surface area contributed by atoms with Crippen molar-refractivity contribution >= 4 is 16.9 Å². The van der Waals surface area contributed by atoms with E-state index in [9.17, 15) is 9.59 Å². The minimum absolute atomic E-state index is 0.176. The summed E-state index contributed by atoms with van der Waals surface area (Å²) in [7, 11) is 0. The highest BCUT2D eigenvalue weighted by Crippen LogP contribution is 2.22. The number of aryl methyl sites for hydroxylation is 1. The summed E-state index contributed by atoms with van der Waals surface area (Å²) in [4.78, 5) is 32.1. The van der Waals surface area contributed by atoms with E-state index in [1.807, 2.05) is 11.8 Å². The van der Waals surface area contributed by atoms with Crippen molar-refractivity contribution < 1.29 is 9.53 Å². The average molecular weight is 373 g/mol. The SMILES string of the molecule is Cc1[nH]nc2[nH]c(=O)c(C(=O)N3CCC(CCN4CCOCC4)CC3)cc12. The Morgan fingerprint density at radius 1 is 1.26 bits per heavy atom. The van der Waals surface area contributed by atoms with Crippen molar-refractivity contribution in [1.82, 2.24) is 25.0 Å². The summed E-state index contributed by atoms with van der Waals surface area (Å²) in [5.41, 5.74) is 1.18. The van der Waals surface area contributed by atoms with Crippen LogP contribution in [-0.4, -0.2) is 76.8 Å². The van der Waals surface area contributed by atoms with Crippen molar-refractivity contribution in [2.24, 2.45) is 5.92 Å². The van der Waals surface area contributed by atoms with E-state index in [0.29, 0.717) is 24.7 Å². The molecular weight excluding hydrogens is 346 g/mol. The normalized spacial score (nSPS) is 19.7. The van der Waals surface area contributed by atoms with Crippen LogP contribution in [0, 0.1) is 12.8 Å². The van der Waals surface area contributed by atoms with E-state index in [1.54, 1.807) is 6.07 Å². The van der Waals surface area contributed by atoms with E-state index in [0.717, 1.165) is 56.8 Å². The maximum atomic E-state index is 12.9. The second kappa shape index (κ2) is 7.82. The maximum Gasteiger partial charge on any atom is 0.262 e. The molecule has 2 aliphatic rings. The number of amides is 1. The minimum atomic E-state index is -0.367. The van der Waals surface area contributed by atoms with Crippen LogP contribution >= 0.6 is 0 Å². The number of likely N-dealkylation sites (tertiary alicyclic amines) is 1. The molecular formula is C19H27N5O3. The number of ether oxygens (including phenoxy) is 1. The van der Waals surface area contributed by atoms with Gasteiger partial charge in [0.2, 0.25) is 0 Å². The van der Waals surface area contributed by atoms with Crippen LogP contribution < -0.4 is 5.56 Å². The van der Waals surface area contributed by atoms with Gasteiger partial charge in [0.15, 0.2) is 5.65 Å². The highest BCUT2D eigenvalue weighted by Gasteiger charge is 2.26. The smallest absolute Gasteiger partial charge is 0.262 e. The van der Waals surface area contributed by atoms with E-state index in [1.165, 1.54) is 6.42 Å². The number of nitrogens with zero attached hydrogens (tertiary/aromatic N) is 3. The zero-order chi connectivity index (χ0) is 18.8. The summed E-state index contributed by atoms with van der Waals surface area (Å²) >= 11 is 0. The van der Waals surface area contributed by atoms with Crippen molar-refractivity contribution in [1.29, 1.82) is 0 Å². The Balaban J connectivity index is 1.35. The third-order valence-electron chi connectivity index (χ3n) is 5.85. The Bertz CT molecular complexity index is 860. The molecule has 8 heteroatoms. The lowest BCUT2D eigenvalue weighted by atomic mass is 9.93. The number of aromatic amines is 2. The highest BCUT2D eigenvalue weighted by molar-refractivity contribution is 5.97. The van der Waals surface area contributed by atoms with Gasteiger partial charge in [-0.25, -0.2) is 0 Å². The van der Waals surface area contributed by atoms with E-state index in [4.69, 9.17) is 4.74 Å². The van der Waals surface area contributed by atoms with Gasteiger partial charge in [-0.15, -0.1) is 0 Å². The molecule has 0 atom stereocenters. The van der Waals surface area contributed by atoms with Crippen LogP contribution in [0.5, 0.6) is 0 Å². The molecule has 0 unspecified atom stereocenters. The lowest BCUT2D eigenvalue weighted by Crippen LogP contribution is -2.42. The molecule has 27 heavy (non-hydrogen) atoms. The van der Waals surface area contributed by atoms with Gasteiger partial charge in [-0.2, -0.15) is 5.10 Å². The quantitative estimate of drug-likeness (QED) is 0.838. The molecule has 4 heterocycles. The Hall–Kier alpha value is -2.19. The Labute approximate surface area is 157 Å². The predicted octanol–water partition coefficient (Wildman–Crippen LogP) is 1.13. The molecule has 4 rings (SSSR count). The summed E-state index contributed by atoms with van der Waals surface area (Å²) in [5, 5.41) is 7.67. The molecule has 0 aromatic carbocycles. The number of fused-ring (bicyclic) bond motifs is 1. The third kappa shape index (κ3) is 3.91. The number of rotatable bonds is 4. The van der Waals surface area contributed by atoms with Crippen LogP contribution in [-0.2, 0) is 4.74 Å². The lowest BCUT2D eigenvalue weighted by molar-refractivity contribution is 0.0332. The van der Waals surface area contributed by atoms with Crippen molar-refractivity contribution in [2.45, 2.75) is 26.2 Å². The first-order chi connectivity index (χ1) is 13.1. The Morgan fingerprint density at radius 2 is 2.00 bits per heavy atom. The number of hydrogen-bond donors (Lipinski definition) is 2. The summed E-state index contributed by atoms with van der Waals surface area (Å²) in [6.45, 7) is 8.14. The van der Waals surface area contributed by atoms with Gasteiger partial charge in [0, 0.05) is 37.3 Å². The largest absolute Gasteiger partial charge is 0.379 e. The molecule has 0 radical (unpaired) electrons. The molecule has 0 spiro atoms. The first kappa shape index (κ1) is 18.2. The Kier molecular flexibility index (Phi) is 5.27. The van der Waals surface area contributed by atoms with Crippen molar-refractivity contribution in [2.75, 3.05) is 45.9 Å². The molecule has 2 saturated heterocycles. The summed E-state index contributed by atoms with van der Waals surface area (Å²) in [6.07, 6.45) is 3.17. The molecule has 2 aromatic rings. The van der Waals surface area contributed by atoms with E-state index >= 15 is 0 Å². The second-order valence-corrected chi connectivity index (χ2v) is 7.60. The molecule has 2 fully saturated rings. The number of morpholine rings is 1. The molecule has 1 amide bonds. The van der Waals surface area contributed by atoms with Gasteiger partial charge in [0.05, 0.1) is 13.2 Å². The van der Waals surface area contributed by atoms with Gasteiger partial charge in [0.25, 0.3) is 11.5 Å². The highest BCUT2D eigenvalue weighted by atomic mass is 16.5. The molecule has 2 aliphatic heterocycles. The number of pyridine rings is 1. The monoisotopic (exact) mass is 373 g/mol. The number of aromatic nitrogens is 3. The lowest BCUT2D eigenvalue weighted by Gasteiger charge is -2.34. The summed E-state index contributed by atoms with van der Waals surface area (Å²) in [5.74, 6) is 0.471. The van der Waals surface area contributed by atoms with Crippen LogP contribution in [0.4, 0.5) is 0 Å². The number of carbonyl (C=O) groups is 1. The van der Waals surface area contributed by atoms with E-state index in [2.05, 4.69) is 20.1 Å². The molecule has 0 bridgehead atoms. The molecule has 0 saturated carbocycles. The molecule has 2 N–H and O–H groups in total. The van der Waals surface area contributed by atoms with Gasteiger partial charge in [-0.3, -0.25) is 19.6 Å². The van der Waals surface area contributed by atoms with Gasteiger partial charge < -0.3 is 14.6 Å². The molecule has 8 nitrogen and oxygen atoms in total. The maximum absolute atomic E-state index is 12.9. The van der Waals surface area contributed by atoms with Crippen molar-refractivity contribution in [3.63, 3.8) is 0 Å². The van der Waals surface area contributed by atoms with Gasteiger partial charge >= 0.3 is 0 Å². The van der Waals surface area contributed by atoms with Crippen LogP contribution in [0.15, 0.2) is 10.9 Å². The third-order valence-corrected chi connectivity index (χ3v) is 5.85. The Morgan fingerprint density at radius 3 is 2.74 bits per heavy atom. The van der Waals surface area contributed by atoms with Crippen LogP contribution in [0.1, 0.15) is 35.3 Å². The van der Waals surface area contributed by atoms with Gasteiger partial charge in [0.1, 0.15) is 5.56 Å². The topological polar surface area (TPSA) is 94.3 Å². The van der Waals surface area contributed by atoms with Gasteiger partial charge in [-0.05, 0) is 44.7 Å². The van der Waals surface area contributed by atoms with Crippen LogP contribution in [0.25, 0.3) is 11.0 Å².